The molecular weight excluding hydrogens is 242 g/mol. The fraction of sp³-hybridized carbons (Fsp3) is 0.500. The summed E-state index contributed by atoms with van der Waals surface area (Å²) in [5.41, 5.74) is 2.60. The van der Waals surface area contributed by atoms with Crippen LogP contribution in [0.5, 0.6) is 0 Å². The minimum absolute atomic E-state index is 0.946. The summed E-state index contributed by atoms with van der Waals surface area (Å²) in [6, 6.07) is 8.60. The van der Waals surface area contributed by atoms with Crippen LogP contribution in [0.1, 0.15) is 18.4 Å². The average Bonchev–Trinajstić information content (AvgIpc) is 3.05. The van der Waals surface area contributed by atoms with E-state index >= 15 is 0 Å². The van der Waals surface area contributed by atoms with Crippen molar-refractivity contribution in [1.29, 1.82) is 0 Å². The molecule has 0 saturated carbocycles. The molecule has 0 unspecified atom stereocenters. The van der Waals surface area contributed by atoms with Gasteiger partial charge in [0.2, 0.25) is 0 Å². The number of anilines is 1. The van der Waals surface area contributed by atoms with Crippen LogP contribution in [-0.4, -0.2) is 35.5 Å². The summed E-state index contributed by atoms with van der Waals surface area (Å²) in [7, 11) is 0. The maximum absolute atomic E-state index is 4.46. The van der Waals surface area contributed by atoms with Crippen LogP contribution in [0.15, 0.2) is 29.3 Å². The SMILES string of the molecule is c1ccc(NC2=NCCS2)c(CN2CCCC2)c1. The van der Waals surface area contributed by atoms with E-state index in [1.54, 1.807) is 0 Å². The molecule has 1 aromatic rings. The quantitative estimate of drug-likeness (QED) is 0.906. The molecule has 4 heteroatoms. The molecule has 2 heterocycles. The van der Waals surface area contributed by atoms with Gasteiger partial charge in [0.05, 0.1) is 6.54 Å². The van der Waals surface area contributed by atoms with Gasteiger partial charge in [-0.05, 0) is 37.6 Å². The van der Waals surface area contributed by atoms with Gasteiger partial charge < -0.3 is 5.32 Å². The summed E-state index contributed by atoms with van der Waals surface area (Å²) < 4.78 is 0. The lowest BCUT2D eigenvalue weighted by molar-refractivity contribution is 0.332. The van der Waals surface area contributed by atoms with Crippen molar-refractivity contribution in [3.63, 3.8) is 0 Å². The first kappa shape index (κ1) is 12.1. The Morgan fingerprint density at radius 2 is 2.06 bits per heavy atom. The van der Waals surface area contributed by atoms with E-state index in [4.69, 9.17) is 0 Å². The lowest BCUT2D eigenvalue weighted by atomic mass is 10.1. The molecule has 0 aromatic heterocycles. The number of para-hydroxylation sites is 1. The third kappa shape index (κ3) is 2.87. The van der Waals surface area contributed by atoms with Gasteiger partial charge in [-0.2, -0.15) is 0 Å². The molecule has 0 atom stereocenters. The molecule has 0 amide bonds. The van der Waals surface area contributed by atoms with Crippen LogP contribution in [0.2, 0.25) is 0 Å². The second-order valence-corrected chi connectivity index (χ2v) is 5.88. The molecule has 2 aliphatic rings. The van der Waals surface area contributed by atoms with Gasteiger partial charge in [-0.25, -0.2) is 0 Å². The van der Waals surface area contributed by atoms with Crippen molar-refractivity contribution in [2.45, 2.75) is 19.4 Å². The Labute approximate surface area is 113 Å². The molecule has 1 saturated heterocycles. The van der Waals surface area contributed by atoms with Crippen molar-refractivity contribution >= 4 is 22.6 Å². The molecular formula is C14H19N3S. The molecule has 1 fully saturated rings. The van der Waals surface area contributed by atoms with Crippen LogP contribution in [0, 0.1) is 0 Å². The summed E-state index contributed by atoms with van der Waals surface area (Å²) in [5.74, 6) is 1.11. The maximum Gasteiger partial charge on any atom is 0.161 e. The molecule has 0 radical (unpaired) electrons. The molecule has 3 rings (SSSR count). The first-order chi connectivity index (χ1) is 8.92. The largest absolute Gasteiger partial charge is 0.335 e. The summed E-state index contributed by atoms with van der Waals surface area (Å²) in [6.07, 6.45) is 2.69. The summed E-state index contributed by atoms with van der Waals surface area (Å²) in [6.45, 7) is 4.48. The van der Waals surface area contributed by atoms with Crippen molar-refractivity contribution in [2.24, 2.45) is 4.99 Å². The van der Waals surface area contributed by atoms with Crippen molar-refractivity contribution in [3.05, 3.63) is 29.8 Å². The monoisotopic (exact) mass is 261 g/mol. The van der Waals surface area contributed by atoms with Crippen LogP contribution in [-0.2, 0) is 6.54 Å². The predicted molar refractivity (Wildman–Crippen MR) is 79.3 cm³/mol. The molecule has 1 aromatic carbocycles. The third-order valence-corrected chi connectivity index (χ3v) is 4.33. The van der Waals surface area contributed by atoms with Crippen molar-refractivity contribution in [2.75, 3.05) is 30.7 Å². The van der Waals surface area contributed by atoms with E-state index in [1.807, 2.05) is 11.8 Å². The van der Waals surface area contributed by atoms with Gasteiger partial charge in [-0.15, -0.1) is 0 Å². The topological polar surface area (TPSA) is 27.6 Å². The number of nitrogens with zero attached hydrogens (tertiary/aromatic N) is 2. The molecule has 3 nitrogen and oxygen atoms in total. The number of thioether (sulfide) groups is 1. The smallest absolute Gasteiger partial charge is 0.161 e. The molecule has 0 spiro atoms. The van der Waals surface area contributed by atoms with Crippen LogP contribution >= 0.6 is 11.8 Å². The fourth-order valence-corrected chi connectivity index (χ4v) is 3.23. The molecule has 0 aliphatic carbocycles. The highest BCUT2D eigenvalue weighted by molar-refractivity contribution is 8.14. The zero-order valence-corrected chi connectivity index (χ0v) is 11.4. The van der Waals surface area contributed by atoms with Gasteiger partial charge in [0, 0.05) is 18.0 Å². The number of nitrogens with one attached hydrogen (secondary N) is 1. The third-order valence-electron chi connectivity index (χ3n) is 3.44. The minimum atomic E-state index is 0.946. The summed E-state index contributed by atoms with van der Waals surface area (Å²) in [4.78, 5) is 6.99. The molecule has 96 valence electrons. The van der Waals surface area contributed by atoms with Crippen molar-refractivity contribution in [1.82, 2.24) is 4.90 Å². The van der Waals surface area contributed by atoms with E-state index in [-0.39, 0.29) is 0 Å². The Balaban J connectivity index is 1.71. The van der Waals surface area contributed by atoms with Gasteiger partial charge in [-0.1, -0.05) is 30.0 Å². The molecule has 1 N–H and O–H groups in total. The Kier molecular flexibility index (Phi) is 3.86. The summed E-state index contributed by atoms with van der Waals surface area (Å²) in [5, 5.41) is 4.54. The zero-order valence-electron chi connectivity index (χ0n) is 10.6. The van der Waals surface area contributed by atoms with Gasteiger partial charge in [0.1, 0.15) is 0 Å². The summed E-state index contributed by atoms with van der Waals surface area (Å²) >= 11 is 1.81. The van der Waals surface area contributed by atoms with Crippen molar-refractivity contribution < 1.29 is 0 Å². The highest BCUT2D eigenvalue weighted by Crippen LogP contribution is 2.22. The number of amidine groups is 1. The Morgan fingerprint density at radius 3 is 2.83 bits per heavy atom. The molecule has 18 heavy (non-hydrogen) atoms. The van der Waals surface area contributed by atoms with Gasteiger partial charge in [-0.3, -0.25) is 9.89 Å². The fourth-order valence-electron chi connectivity index (χ4n) is 2.49. The number of aliphatic imine (C=N–C) groups is 1. The highest BCUT2D eigenvalue weighted by Gasteiger charge is 2.14. The normalized spacial score (nSPS) is 20.1. The van der Waals surface area contributed by atoms with Crippen molar-refractivity contribution in [3.8, 4) is 0 Å². The van der Waals surface area contributed by atoms with E-state index < -0.39 is 0 Å². The van der Waals surface area contributed by atoms with Crippen LogP contribution in [0.25, 0.3) is 0 Å². The second kappa shape index (κ2) is 5.76. The lowest BCUT2D eigenvalue weighted by Gasteiger charge is -2.18. The number of hydrogen-bond donors (Lipinski definition) is 1. The standard InChI is InChI=1S/C14H19N3S/c1-2-6-13(16-14-15-7-10-18-14)12(5-1)11-17-8-3-4-9-17/h1-2,5-6H,3-4,7-11H2,(H,15,16). The average molecular weight is 261 g/mol. The molecule has 2 aliphatic heterocycles. The maximum atomic E-state index is 4.46. The second-order valence-electron chi connectivity index (χ2n) is 4.80. The minimum Gasteiger partial charge on any atom is -0.335 e. The van der Waals surface area contributed by atoms with E-state index in [9.17, 15) is 0 Å². The lowest BCUT2D eigenvalue weighted by Crippen LogP contribution is -2.19. The van der Waals surface area contributed by atoms with E-state index in [0.717, 1.165) is 24.0 Å². The Hall–Kier alpha value is -1.00. The van der Waals surface area contributed by atoms with E-state index in [1.165, 1.54) is 37.2 Å². The first-order valence-corrected chi connectivity index (χ1v) is 7.65. The van der Waals surface area contributed by atoms with Gasteiger partial charge >= 0.3 is 0 Å². The number of hydrogen-bond acceptors (Lipinski definition) is 4. The zero-order chi connectivity index (χ0) is 12.2. The number of likely N-dealkylation sites (tertiary alicyclic amines) is 1. The Morgan fingerprint density at radius 1 is 1.22 bits per heavy atom. The highest BCUT2D eigenvalue weighted by atomic mass is 32.2. The van der Waals surface area contributed by atoms with E-state index in [0.29, 0.717) is 0 Å². The first-order valence-electron chi connectivity index (χ1n) is 6.66. The number of rotatable bonds is 3. The predicted octanol–water partition coefficient (Wildman–Crippen LogP) is 2.80. The van der Waals surface area contributed by atoms with Crippen LogP contribution in [0.4, 0.5) is 5.69 Å². The number of benzene rings is 1. The Bertz CT molecular complexity index is 438. The van der Waals surface area contributed by atoms with Crippen LogP contribution < -0.4 is 5.32 Å². The van der Waals surface area contributed by atoms with E-state index in [2.05, 4.69) is 39.5 Å². The van der Waals surface area contributed by atoms with Gasteiger partial charge in [0.15, 0.2) is 5.17 Å². The van der Waals surface area contributed by atoms with Gasteiger partial charge in [0.25, 0.3) is 0 Å². The molecule has 0 bridgehead atoms. The van der Waals surface area contributed by atoms with Crippen LogP contribution in [0.3, 0.4) is 0 Å².